The second-order valence-electron chi connectivity index (χ2n) is 11.1. The summed E-state index contributed by atoms with van der Waals surface area (Å²) in [6.07, 6.45) is 15.9. The lowest BCUT2D eigenvalue weighted by Crippen LogP contribution is -2.45. The van der Waals surface area contributed by atoms with Crippen molar-refractivity contribution in [1.82, 2.24) is 0 Å². The van der Waals surface area contributed by atoms with E-state index in [9.17, 15) is 4.79 Å². The zero-order valence-electron chi connectivity index (χ0n) is 18.2. The van der Waals surface area contributed by atoms with Crippen molar-refractivity contribution in [3.63, 3.8) is 0 Å². The van der Waals surface area contributed by atoms with Crippen molar-refractivity contribution in [3.05, 3.63) is 12.2 Å². The first-order chi connectivity index (χ1) is 13.4. The molecule has 0 saturated heterocycles. The van der Waals surface area contributed by atoms with Crippen LogP contribution >= 0.6 is 11.8 Å². The first-order valence-corrected chi connectivity index (χ1v) is 13.2. The third kappa shape index (κ3) is 2.47. The molecule has 0 aromatic carbocycles. The molecular weight excluding hydrogens is 364 g/mol. The second-order valence-corrected chi connectivity index (χ2v) is 12.0. The predicted molar refractivity (Wildman–Crippen MR) is 116 cm³/mol. The van der Waals surface area contributed by atoms with Crippen LogP contribution in [0.1, 0.15) is 65.7 Å². The van der Waals surface area contributed by atoms with Gasteiger partial charge in [-0.3, -0.25) is 4.79 Å². The number of ether oxygens (including phenoxy) is 1. The van der Waals surface area contributed by atoms with Crippen molar-refractivity contribution in [2.24, 2.45) is 46.3 Å². The molecule has 9 atom stereocenters. The van der Waals surface area contributed by atoms with E-state index in [0.717, 1.165) is 5.92 Å². The molecule has 0 aliphatic heterocycles. The van der Waals surface area contributed by atoms with Gasteiger partial charge in [-0.2, -0.15) is 11.8 Å². The Hall–Kier alpha value is -0.280. The summed E-state index contributed by atoms with van der Waals surface area (Å²) in [7, 11) is 0. The van der Waals surface area contributed by atoms with Crippen LogP contribution in [0.2, 0.25) is 0 Å². The van der Waals surface area contributed by atoms with Crippen LogP contribution in [0.15, 0.2) is 12.2 Å². The standard InChI is InChI=1S/C25H38O2S/c1-5-6-7-18-20-15-8-9-16(12-15)21(20)22(26)23(18)27-19-13-17-10-11-25(19,14-28-4)24(17,2)3/h8-9,15-21,23H,5-7,10-14H2,1-4H3/t15-,16+,17+,18-,19-,20-,21-,23-,25+/m1/s1. The van der Waals surface area contributed by atoms with Gasteiger partial charge in [-0.15, -0.1) is 0 Å². The van der Waals surface area contributed by atoms with Crippen LogP contribution in [0.25, 0.3) is 0 Å². The third-order valence-corrected chi connectivity index (χ3v) is 10.8. The number of unbranched alkanes of at least 4 members (excludes halogenated alkanes) is 1. The molecule has 0 aromatic heterocycles. The lowest BCUT2D eigenvalue weighted by atomic mass is 9.69. The van der Waals surface area contributed by atoms with Crippen molar-refractivity contribution >= 4 is 17.5 Å². The van der Waals surface area contributed by atoms with E-state index in [1.54, 1.807) is 0 Å². The highest BCUT2D eigenvalue weighted by Crippen LogP contribution is 2.68. The number of rotatable bonds is 7. The Bertz CT molecular complexity index is 669. The minimum Gasteiger partial charge on any atom is -0.366 e. The quantitative estimate of drug-likeness (QED) is 0.507. The minimum absolute atomic E-state index is 0.120. The van der Waals surface area contributed by atoms with E-state index in [1.165, 1.54) is 50.7 Å². The maximum Gasteiger partial charge on any atom is 0.165 e. The molecule has 0 amide bonds. The lowest BCUT2D eigenvalue weighted by molar-refractivity contribution is -0.145. The maximum atomic E-state index is 13.6. The monoisotopic (exact) mass is 402 g/mol. The molecular formula is C25H38O2S. The number of Topliss-reactive ketones (excluding diaryl/α,β-unsaturated/α-hetero) is 1. The summed E-state index contributed by atoms with van der Waals surface area (Å²) < 4.78 is 6.99. The molecule has 4 fully saturated rings. The Labute approximate surface area is 175 Å². The predicted octanol–water partition coefficient (Wildman–Crippen LogP) is 5.76. The van der Waals surface area contributed by atoms with Crippen molar-refractivity contribution in [1.29, 1.82) is 0 Å². The van der Waals surface area contributed by atoms with E-state index in [4.69, 9.17) is 4.74 Å². The number of allylic oxidation sites excluding steroid dienone is 2. The van der Waals surface area contributed by atoms with E-state index in [-0.39, 0.29) is 23.5 Å². The van der Waals surface area contributed by atoms with E-state index in [1.807, 2.05) is 11.8 Å². The Kier molecular flexibility index (Phi) is 4.83. The third-order valence-electron chi connectivity index (χ3n) is 9.97. The van der Waals surface area contributed by atoms with Gasteiger partial charge < -0.3 is 4.74 Å². The summed E-state index contributed by atoms with van der Waals surface area (Å²) in [5.74, 6) is 4.89. The average Bonchev–Trinajstić information content (AvgIpc) is 3.42. The molecule has 0 radical (unpaired) electrons. The van der Waals surface area contributed by atoms with E-state index in [2.05, 4.69) is 39.2 Å². The van der Waals surface area contributed by atoms with Gasteiger partial charge in [0, 0.05) is 17.1 Å². The number of hydrogen-bond donors (Lipinski definition) is 0. The number of hydrogen-bond acceptors (Lipinski definition) is 3. The highest BCUT2D eigenvalue weighted by molar-refractivity contribution is 7.98. The summed E-state index contributed by atoms with van der Waals surface area (Å²) in [5, 5.41) is 0. The first kappa shape index (κ1) is 19.7. The number of carbonyl (C=O) groups excluding carboxylic acids is 1. The van der Waals surface area contributed by atoms with Crippen molar-refractivity contribution < 1.29 is 9.53 Å². The van der Waals surface area contributed by atoms with Gasteiger partial charge in [-0.05, 0) is 73.4 Å². The van der Waals surface area contributed by atoms with Gasteiger partial charge in [-0.1, -0.05) is 45.8 Å². The molecule has 5 aliphatic rings. The van der Waals surface area contributed by atoms with Gasteiger partial charge in [-0.25, -0.2) is 0 Å². The van der Waals surface area contributed by atoms with E-state index >= 15 is 0 Å². The van der Waals surface area contributed by atoms with Gasteiger partial charge in [0.15, 0.2) is 5.78 Å². The highest BCUT2D eigenvalue weighted by atomic mass is 32.2. The molecule has 0 unspecified atom stereocenters. The molecule has 0 N–H and O–H groups in total. The molecule has 3 heteroatoms. The van der Waals surface area contributed by atoms with Gasteiger partial charge in [0.2, 0.25) is 0 Å². The molecule has 5 aliphatic carbocycles. The summed E-state index contributed by atoms with van der Waals surface area (Å²) in [6, 6.07) is 0. The smallest absolute Gasteiger partial charge is 0.165 e. The molecule has 4 saturated carbocycles. The zero-order chi connectivity index (χ0) is 19.7. The van der Waals surface area contributed by atoms with Gasteiger partial charge >= 0.3 is 0 Å². The van der Waals surface area contributed by atoms with E-state index < -0.39 is 0 Å². The second kappa shape index (κ2) is 6.87. The highest BCUT2D eigenvalue weighted by Gasteiger charge is 2.66. The van der Waals surface area contributed by atoms with Crippen molar-refractivity contribution in [2.45, 2.75) is 77.9 Å². The fraction of sp³-hybridized carbons (Fsp3) is 0.880. The Morgan fingerprint density at radius 3 is 2.71 bits per heavy atom. The Morgan fingerprint density at radius 1 is 1.21 bits per heavy atom. The van der Waals surface area contributed by atoms with E-state index in [0.29, 0.717) is 34.9 Å². The van der Waals surface area contributed by atoms with Crippen LogP contribution in [-0.2, 0) is 9.53 Å². The van der Waals surface area contributed by atoms with Crippen LogP contribution in [0.5, 0.6) is 0 Å². The fourth-order valence-corrected chi connectivity index (χ4v) is 9.58. The summed E-state index contributed by atoms with van der Waals surface area (Å²) in [4.78, 5) is 13.6. The molecule has 0 aromatic rings. The topological polar surface area (TPSA) is 26.3 Å². The Balaban J connectivity index is 1.42. The fourth-order valence-electron chi connectivity index (χ4n) is 8.36. The van der Waals surface area contributed by atoms with Gasteiger partial charge in [0.05, 0.1) is 6.10 Å². The number of fused-ring (bicyclic) bond motifs is 7. The minimum atomic E-state index is -0.120. The normalized spacial score (nSPS) is 50.1. The molecule has 4 bridgehead atoms. The van der Waals surface area contributed by atoms with Crippen molar-refractivity contribution in [3.8, 4) is 0 Å². The summed E-state index contributed by atoms with van der Waals surface area (Å²) in [6.45, 7) is 7.24. The molecule has 2 nitrogen and oxygen atoms in total. The Morgan fingerprint density at radius 2 is 2.00 bits per heavy atom. The van der Waals surface area contributed by atoms with Crippen LogP contribution in [0.4, 0.5) is 0 Å². The van der Waals surface area contributed by atoms with Crippen LogP contribution in [-0.4, -0.2) is 30.0 Å². The summed E-state index contributed by atoms with van der Waals surface area (Å²) >= 11 is 1.98. The zero-order valence-corrected chi connectivity index (χ0v) is 19.0. The molecule has 0 heterocycles. The summed E-state index contributed by atoms with van der Waals surface area (Å²) in [5.41, 5.74) is 0.610. The first-order valence-electron chi connectivity index (χ1n) is 11.8. The maximum absolute atomic E-state index is 13.6. The molecule has 0 spiro atoms. The largest absolute Gasteiger partial charge is 0.366 e. The lowest BCUT2D eigenvalue weighted by Gasteiger charge is -2.43. The molecule has 156 valence electrons. The number of thioether (sulfide) groups is 1. The van der Waals surface area contributed by atoms with Crippen LogP contribution in [0, 0.1) is 46.3 Å². The van der Waals surface area contributed by atoms with Crippen LogP contribution in [0.3, 0.4) is 0 Å². The SMILES string of the molecule is CCCC[C@@H]1[C@@H]2[C@H](C(=O)[C@@H]1O[C@@H]1C[C@@H]3CC[C@@]1(CSC)C3(C)C)[C@H]1C=C[C@@H]2C1. The van der Waals surface area contributed by atoms with Gasteiger partial charge in [0.1, 0.15) is 6.10 Å². The number of carbonyl (C=O) groups is 1. The molecule has 28 heavy (non-hydrogen) atoms. The molecule has 5 rings (SSSR count). The number of ketones is 1. The van der Waals surface area contributed by atoms with Gasteiger partial charge in [0.25, 0.3) is 0 Å². The van der Waals surface area contributed by atoms with Crippen molar-refractivity contribution in [2.75, 3.05) is 12.0 Å². The average molecular weight is 403 g/mol. The van der Waals surface area contributed by atoms with Crippen LogP contribution < -0.4 is 0 Å².